The smallest absolute Gasteiger partial charge is 0.449 e. The number of benzene rings is 3. The fourth-order valence-electron chi connectivity index (χ4n) is 5.02. The molecule has 1 aliphatic heterocycles. The number of amides is 1. The van der Waals surface area contributed by atoms with Crippen LogP contribution in [0.25, 0.3) is 17.2 Å². The van der Waals surface area contributed by atoms with Gasteiger partial charge >= 0.3 is 13.2 Å². The van der Waals surface area contributed by atoms with Crippen LogP contribution in [0.1, 0.15) is 55.9 Å². The third-order valence-electron chi connectivity index (χ3n) is 7.91. The minimum absolute atomic E-state index is 0.00276. The Labute approximate surface area is 230 Å². The first-order chi connectivity index (χ1) is 18.1. The first-order valence-corrected chi connectivity index (χ1v) is 13.3. The molecule has 1 aliphatic carbocycles. The molecule has 0 radical (unpaired) electrons. The first kappa shape index (κ1) is 26.5. The van der Waals surface area contributed by atoms with E-state index in [9.17, 15) is 4.79 Å². The Morgan fingerprint density at radius 1 is 0.974 bits per heavy atom. The highest BCUT2D eigenvalue weighted by molar-refractivity contribution is 6.56. The number of nitrogens with one attached hydrogen (secondary N) is 1. The van der Waals surface area contributed by atoms with Crippen LogP contribution in [0.5, 0.6) is 0 Å². The lowest BCUT2D eigenvalue weighted by Crippen LogP contribution is -2.41. The van der Waals surface area contributed by atoms with E-state index in [-0.39, 0.29) is 19.1 Å². The molecule has 196 valence electrons. The minimum atomic E-state index is -0.607. The van der Waals surface area contributed by atoms with Gasteiger partial charge < -0.3 is 19.4 Å². The number of carbonyl (C=O) groups excluding carboxylic acids is 1. The number of ether oxygens (including phenoxy) is 1. The van der Waals surface area contributed by atoms with E-state index in [0.29, 0.717) is 5.02 Å². The lowest BCUT2D eigenvalue weighted by atomic mass is 9.76. The highest BCUT2D eigenvalue weighted by Gasteiger charge is 2.52. The van der Waals surface area contributed by atoms with Gasteiger partial charge in [0.25, 0.3) is 0 Å². The van der Waals surface area contributed by atoms with E-state index in [2.05, 4.69) is 29.6 Å². The molecule has 0 atom stereocenters. The second kappa shape index (κ2) is 10.3. The molecule has 38 heavy (non-hydrogen) atoms. The summed E-state index contributed by atoms with van der Waals surface area (Å²) in [5.74, 6) is 0.00276. The van der Waals surface area contributed by atoms with Gasteiger partial charge in [0.1, 0.15) is 6.61 Å². The summed E-state index contributed by atoms with van der Waals surface area (Å²) in [7, 11) is -0.607. The molecule has 0 saturated carbocycles. The van der Waals surface area contributed by atoms with Crippen LogP contribution in [0.4, 0.5) is 4.79 Å². The largest absolute Gasteiger partial charge is 0.492 e. The van der Waals surface area contributed by atoms with Gasteiger partial charge in [-0.15, -0.1) is 0 Å². The van der Waals surface area contributed by atoms with Crippen molar-refractivity contribution in [1.82, 2.24) is 5.32 Å². The van der Waals surface area contributed by atoms with Crippen molar-refractivity contribution in [2.24, 2.45) is 0 Å². The van der Waals surface area contributed by atoms with Crippen LogP contribution < -0.4 is 5.32 Å². The van der Waals surface area contributed by atoms with Crippen molar-refractivity contribution < 1.29 is 18.8 Å². The first-order valence-electron chi connectivity index (χ1n) is 13.0. The lowest BCUT2D eigenvalue weighted by molar-refractivity contribution is 0.00578. The Morgan fingerprint density at radius 3 is 2.13 bits per heavy atom. The van der Waals surface area contributed by atoms with E-state index < -0.39 is 24.4 Å². The average Bonchev–Trinajstić information content (AvgIpc) is 3.30. The van der Waals surface area contributed by atoms with E-state index in [1.165, 1.54) is 22.3 Å². The fraction of sp³-hybridized carbons (Fsp3) is 0.323. The van der Waals surface area contributed by atoms with Gasteiger partial charge in [0, 0.05) is 17.5 Å². The molecule has 0 bridgehead atoms. The van der Waals surface area contributed by atoms with E-state index >= 15 is 0 Å². The highest BCUT2D eigenvalue weighted by atomic mass is 35.5. The number of halogens is 1. The van der Waals surface area contributed by atoms with E-state index in [1.807, 2.05) is 83.2 Å². The van der Waals surface area contributed by atoms with Crippen molar-refractivity contribution in [3.05, 3.63) is 99.5 Å². The number of alkyl carbamates (subject to hydrolysis) is 1. The molecular formula is C31H33BClNO4. The molecule has 2 aliphatic rings. The van der Waals surface area contributed by atoms with Crippen LogP contribution in [-0.2, 0) is 14.0 Å². The van der Waals surface area contributed by atoms with Crippen molar-refractivity contribution in [2.75, 3.05) is 13.2 Å². The maximum Gasteiger partial charge on any atom is 0.492 e. The molecule has 3 aromatic rings. The standard InChI is InChI=1S/C31H33BClNO4/c1-20-16-23(33)15-14-21(20)17-22(32-37-30(2,3)31(4,5)38-32)18-34-29(35)36-19-28-26-12-8-6-10-24(26)25-11-7-9-13-27(25)28/h6-17,28H,18-19H2,1-5H3,(H,34,35). The van der Waals surface area contributed by atoms with Gasteiger partial charge in [-0.3, -0.25) is 0 Å². The maximum absolute atomic E-state index is 12.9. The van der Waals surface area contributed by atoms with Crippen molar-refractivity contribution >= 4 is 30.9 Å². The molecule has 5 rings (SSSR count). The molecule has 1 saturated heterocycles. The summed E-state index contributed by atoms with van der Waals surface area (Å²) in [4.78, 5) is 12.9. The molecule has 7 heteroatoms. The van der Waals surface area contributed by atoms with Crippen molar-refractivity contribution in [3.63, 3.8) is 0 Å². The van der Waals surface area contributed by atoms with Crippen molar-refractivity contribution in [2.45, 2.75) is 51.7 Å². The summed E-state index contributed by atoms with van der Waals surface area (Å²) in [6.45, 7) is 10.5. The monoisotopic (exact) mass is 529 g/mol. The zero-order valence-corrected chi connectivity index (χ0v) is 23.3. The number of rotatable bonds is 6. The average molecular weight is 530 g/mol. The van der Waals surface area contributed by atoms with E-state index in [4.69, 9.17) is 25.6 Å². The van der Waals surface area contributed by atoms with Crippen LogP contribution in [0.3, 0.4) is 0 Å². The van der Waals surface area contributed by atoms with Gasteiger partial charge in [-0.1, -0.05) is 72.3 Å². The Hall–Kier alpha value is -3.06. The molecule has 3 aromatic carbocycles. The van der Waals surface area contributed by atoms with Crippen molar-refractivity contribution in [1.29, 1.82) is 0 Å². The molecule has 0 spiro atoms. The minimum Gasteiger partial charge on any atom is -0.449 e. The van der Waals surface area contributed by atoms with Gasteiger partial charge in [-0.2, -0.15) is 0 Å². The number of carbonyl (C=O) groups is 1. The molecule has 1 N–H and O–H groups in total. The lowest BCUT2D eigenvalue weighted by Gasteiger charge is -2.32. The molecule has 5 nitrogen and oxygen atoms in total. The predicted octanol–water partition coefficient (Wildman–Crippen LogP) is 7.20. The summed E-state index contributed by atoms with van der Waals surface area (Å²) in [6.07, 6.45) is 1.51. The zero-order chi connectivity index (χ0) is 27.1. The maximum atomic E-state index is 12.9. The van der Waals surface area contributed by atoms with Gasteiger partial charge in [0.05, 0.1) is 11.2 Å². The summed E-state index contributed by atoms with van der Waals surface area (Å²) >= 11 is 6.17. The van der Waals surface area contributed by atoms with Gasteiger partial charge in [0.2, 0.25) is 0 Å². The summed E-state index contributed by atoms with van der Waals surface area (Å²) in [5, 5.41) is 3.60. The Morgan fingerprint density at radius 2 is 1.55 bits per heavy atom. The Kier molecular flexibility index (Phi) is 7.16. The highest BCUT2D eigenvalue weighted by Crippen LogP contribution is 2.44. The summed E-state index contributed by atoms with van der Waals surface area (Å²) in [6, 6.07) is 22.3. The molecule has 0 aromatic heterocycles. The quantitative estimate of drug-likeness (QED) is 0.343. The second-order valence-electron chi connectivity index (χ2n) is 11.0. The van der Waals surface area contributed by atoms with Crippen LogP contribution in [-0.4, -0.2) is 37.6 Å². The third-order valence-corrected chi connectivity index (χ3v) is 8.14. The number of fused-ring (bicyclic) bond motifs is 3. The molecule has 1 fully saturated rings. The van der Waals surface area contributed by atoms with Crippen LogP contribution in [0.2, 0.25) is 5.02 Å². The molecular weight excluding hydrogens is 497 g/mol. The van der Waals surface area contributed by atoms with Gasteiger partial charge in [0.15, 0.2) is 0 Å². The summed E-state index contributed by atoms with van der Waals surface area (Å²) < 4.78 is 18.4. The SMILES string of the molecule is Cc1cc(Cl)ccc1C=C(CNC(=O)OCC1c2ccccc2-c2ccccc21)B1OC(C)(C)C(C)(C)O1. The Bertz CT molecular complexity index is 1340. The topological polar surface area (TPSA) is 56.8 Å². The van der Waals surface area contributed by atoms with E-state index in [1.54, 1.807) is 0 Å². The number of hydrogen-bond acceptors (Lipinski definition) is 4. The van der Waals surface area contributed by atoms with Crippen LogP contribution in [0.15, 0.2) is 72.2 Å². The third kappa shape index (κ3) is 5.13. The molecule has 0 unspecified atom stereocenters. The molecule has 1 amide bonds. The number of hydrogen-bond donors (Lipinski definition) is 1. The van der Waals surface area contributed by atoms with Gasteiger partial charge in [-0.05, 0) is 85.6 Å². The van der Waals surface area contributed by atoms with Gasteiger partial charge in [-0.25, -0.2) is 4.79 Å². The predicted molar refractivity (Wildman–Crippen MR) is 153 cm³/mol. The Balaban J connectivity index is 1.31. The zero-order valence-electron chi connectivity index (χ0n) is 22.5. The van der Waals surface area contributed by atoms with Crippen LogP contribution >= 0.6 is 11.6 Å². The van der Waals surface area contributed by atoms with Crippen LogP contribution in [0, 0.1) is 6.92 Å². The molecule has 1 heterocycles. The van der Waals surface area contributed by atoms with Crippen molar-refractivity contribution in [3.8, 4) is 11.1 Å². The summed E-state index contributed by atoms with van der Waals surface area (Å²) in [5.41, 5.74) is 6.53. The normalized spacial score (nSPS) is 17.7. The van der Waals surface area contributed by atoms with E-state index in [0.717, 1.165) is 16.6 Å². The number of aryl methyl sites for hydroxylation is 1. The second-order valence-corrected chi connectivity index (χ2v) is 11.4. The fourth-order valence-corrected chi connectivity index (χ4v) is 5.25.